The fourth-order valence-corrected chi connectivity index (χ4v) is 11.8. The molecule has 284 valence electrons. The van der Waals surface area contributed by atoms with Crippen LogP contribution < -0.4 is 4.74 Å². The van der Waals surface area contributed by atoms with E-state index < -0.39 is 88.6 Å². The van der Waals surface area contributed by atoms with Gasteiger partial charge in [0.1, 0.15) is 36.6 Å². The maximum Gasteiger partial charge on any atom is 0.319 e. The van der Waals surface area contributed by atoms with Crippen molar-refractivity contribution in [3.05, 3.63) is 29.8 Å². The number of carbonyl (C=O) groups is 5. The van der Waals surface area contributed by atoms with Gasteiger partial charge in [-0.3, -0.25) is 24.0 Å². The van der Waals surface area contributed by atoms with Crippen molar-refractivity contribution in [2.75, 3.05) is 34.5 Å². The van der Waals surface area contributed by atoms with Crippen LogP contribution in [0.2, 0.25) is 0 Å². The monoisotopic (exact) mass is 728 g/mol. The lowest BCUT2D eigenvalue weighted by Crippen LogP contribution is -2.73. The van der Waals surface area contributed by atoms with E-state index in [-0.39, 0.29) is 43.3 Å². The van der Waals surface area contributed by atoms with Gasteiger partial charge in [0.15, 0.2) is 5.79 Å². The van der Waals surface area contributed by atoms with Crippen molar-refractivity contribution in [1.82, 2.24) is 0 Å². The van der Waals surface area contributed by atoms with Gasteiger partial charge in [0, 0.05) is 51.6 Å². The van der Waals surface area contributed by atoms with Gasteiger partial charge in [-0.25, -0.2) is 0 Å². The molecule has 14 nitrogen and oxygen atoms in total. The molecule has 0 aromatic heterocycles. The summed E-state index contributed by atoms with van der Waals surface area (Å²) in [6, 6.07) is 7.71. The van der Waals surface area contributed by atoms with E-state index in [9.17, 15) is 24.0 Å². The van der Waals surface area contributed by atoms with Gasteiger partial charge < -0.3 is 42.6 Å². The third-order valence-corrected chi connectivity index (χ3v) is 13.5. The molecule has 0 amide bonds. The Balaban J connectivity index is 1.34. The number of hydrogen-bond donors (Lipinski definition) is 0. The van der Waals surface area contributed by atoms with E-state index in [1.807, 2.05) is 31.2 Å². The zero-order valence-electron chi connectivity index (χ0n) is 30.7. The smallest absolute Gasteiger partial charge is 0.319 e. The molecule has 2 saturated heterocycles. The lowest BCUT2D eigenvalue weighted by molar-refractivity contribution is -0.275. The van der Waals surface area contributed by atoms with Crippen LogP contribution in [0.15, 0.2) is 24.3 Å². The highest BCUT2D eigenvalue weighted by Crippen LogP contribution is 2.77. The van der Waals surface area contributed by atoms with Crippen molar-refractivity contribution in [1.29, 1.82) is 0 Å². The first-order valence-electron chi connectivity index (χ1n) is 17.9. The molecule has 2 bridgehead atoms. The van der Waals surface area contributed by atoms with Crippen LogP contribution in [0.1, 0.15) is 58.9 Å². The first-order chi connectivity index (χ1) is 24.7. The molecule has 0 unspecified atom stereocenters. The summed E-state index contributed by atoms with van der Waals surface area (Å²) in [5.41, 5.74) is -3.08. The largest absolute Gasteiger partial charge is 0.497 e. The SMILES string of the molecule is COC(=O)[C@@]1(COC(C)=O)[C@H](OC(C)=O)C[C@H](OC(C)=O)[C@]23COC(=O)[C@H]2[C@]2(C)[C@@H]4[C@@H]5C[C@@H](C[C@H]5OCc5ccc(OC)cc5)[C@]4(OC)O[C@@H]2C[C@@H]13. The Morgan fingerprint density at radius 1 is 0.885 bits per heavy atom. The third-order valence-electron chi connectivity index (χ3n) is 13.5. The molecule has 4 saturated carbocycles. The molecule has 6 aliphatic rings. The maximum absolute atomic E-state index is 14.5. The Kier molecular flexibility index (Phi) is 9.13. The first-order valence-corrected chi connectivity index (χ1v) is 17.9. The number of rotatable bonds is 10. The molecule has 2 heterocycles. The van der Waals surface area contributed by atoms with Crippen LogP contribution in [0.3, 0.4) is 0 Å². The molecule has 6 fully saturated rings. The van der Waals surface area contributed by atoms with Crippen LogP contribution in [0.5, 0.6) is 5.75 Å². The maximum atomic E-state index is 14.5. The zero-order chi connectivity index (χ0) is 37.4. The number of esters is 5. The molecular formula is C38H48O14. The Labute approximate surface area is 302 Å². The summed E-state index contributed by atoms with van der Waals surface area (Å²) in [6.45, 7) is 5.38. The number of fused-ring (bicyclic) bond motifs is 8. The van der Waals surface area contributed by atoms with Crippen LogP contribution in [-0.2, 0) is 68.5 Å². The van der Waals surface area contributed by atoms with Gasteiger partial charge >= 0.3 is 29.8 Å². The lowest BCUT2D eigenvalue weighted by Gasteiger charge is -2.63. The highest BCUT2D eigenvalue weighted by molar-refractivity contribution is 5.83. The second-order valence-electron chi connectivity index (χ2n) is 15.6. The second-order valence-corrected chi connectivity index (χ2v) is 15.6. The quantitative estimate of drug-likeness (QED) is 0.254. The van der Waals surface area contributed by atoms with E-state index in [0.29, 0.717) is 13.0 Å². The zero-order valence-corrected chi connectivity index (χ0v) is 30.7. The highest BCUT2D eigenvalue weighted by Gasteiger charge is 2.86. The molecule has 1 spiro atoms. The van der Waals surface area contributed by atoms with Crippen molar-refractivity contribution in [2.45, 2.75) is 90.2 Å². The van der Waals surface area contributed by atoms with Gasteiger partial charge in [-0.2, -0.15) is 0 Å². The van der Waals surface area contributed by atoms with Crippen molar-refractivity contribution >= 4 is 29.8 Å². The van der Waals surface area contributed by atoms with Crippen LogP contribution in [0.25, 0.3) is 0 Å². The molecule has 14 heteroatoms. The molecule has 0 N–H and O–H groups in total. The van der Waals surface area contributed by atoms with Crippen LogP contribution in [-0.4, -0.2) is 94.6 Å². The molecule has 0 radical (unpaired) electrons. The summed E-state index contributed by atoms with van der Waals surface area (Å²) in [4.78, 5) is 66.5. The summed E-state index contributed by atoms with van der Waals surface area (Å²) in [5.74, 6) is -5.96. The fourth-order valence-electron chi connectivity index (χ4n) is 11.8. The fraction of sp³-hybridized carbons (Fsp3) is 0.711. The molecule has 52 heavy (non-hydrogen) atoms. The van der Waals surface area contributed by atoms with E-state index in [1.165, 1.54) is 27.9 Å². The Morgan fingerprint density at radius 3 is 2.19 bits per heavy atom. The normalized spacial score (nSPS) is 42.2. The molecule has 4 aliphatic carbocycles. The van der Waals surface area contributed by atoms with Gasteiger partial charge in [0.2, 0.25) is 0 Å². The summed E-state index contributed by atoms with van der Waals surface area (Å²) in [6.07, 6.45) is -1.70. The standard InChI is InChI=1S/C38H48O14/c1-19(39)48-18-37(34(43)45-6)27-14-28-35(4,32-33(42)49-17-36(27,32)29(50-20(2)40)15-30(37)51-21(3)41)31-25-12-23(38(31,46-7)52-28)13-26(25)47-16-22-8-10-24(44-5)11-9-22/h8-11,23,25-32H,12-18H2,1-7H3/t23-,25+,26+,27+,28+,29-,30+,31-,32-,35-,36+,37+,38-/m0/s1. The minimum atomic E-state index is -1.80. The average molecular weight is 729 g/mol. The molecular weight excluding hydrogens is 680 g/mol. The highest BCUT2D eigenvalue weighted by atomic mass is 16.7. The van der Waals surface area contributed by atoms with Crippen molar-refractivity contribution < 1.29 is 66.6 Å². The van der Waals surface area contributed by atoms with Crippen molar-refractivity contribution in [3.8, 4) is 5.75 Å². The van der Waals surface area contributed by atoms with Gasteiger partial charge in [-0.1, -0.05) is 19.1 Å². The number of carbonyl (C=O) groups excluding carboxylic acids is 5. The number of benzene rings is 1. The van der Waals surface area contributed by atoms with Crippen molar-refractivity contribution in [3.63, 3.8) is 0 Å². The van der Waals surface area contributed by atoms with E-state index in [1.54, 1.807) is 14.2 Å². The minimum absolute atomic E-state index is 0.0591. The predicted octanol–water partition coefficient (Wildman–Crippen LogP) is 3.15. The van der Waals surface area contributed by atoms with Crippen molar-refractivity contribution in [2.24, 2.45) is 45.8 Å². The number of cyclic esters (lactones) is 1. The van der Waals surface area contributed by atoms with Gasteiger partial charge in [0.25, 0.3) is 0 Å². The van der Waals surface area contributed by atoms with E-state index >= 15 is 0 Å². The molecule has 7 rings (SSSR count). The summed E-state index contributed by atoms with van der Waals surface area (Å²) in [7, 11) is 4.44. The predicted molar refractivity (Wildman–Crippen MR) is 176 cm³/mol. The van der Waals surface area contributed by atoms with Crippen LogP contribution in [0, 0.1) is 45.8 Å². The van der Waals surface area contributed by atoms with Gasteiger partial charge in [-0.15, -0.1) is 0 Å². The molecule has 1 aromatic rings. The third kappa shape index (κ3) is 5.03. The van der Waals surface area contributed by atoms with Crippen LogP contribution in [0.4, 0.5) is 0 Å². The van der Waals surface area contributed by atoms with Gasteiger partial charge in [0.05, 0.1) is 44.4 Å². The summed E-state index contributed by atoms with van der Waals surface area (Å²) < 4.78 is 54.3. The lowest BCUT2D eigenvalue weighted by atomic mass is 9.39. The number of ether oxygens (including phenoxy) is 9. The minimum Gasteiger partial charge on any atom is -0.497 e. The molecule has 13 atom stereocenters. The summed E-state index contributed by atoms with van der Waals surface area (Å²) in [5, 5.41) is 0. The Hall–Kier alpha value is -3.75. The summed E-state index contributed by atoms with van der Waals surface area (Å²) >= 11 is 0. The average Bonchev–Trinajstić information content (AvgIpc) is 3.84. The molecule has 1 aromatic carbocycles. The van der Waals surface area contributed by atoms with Gasteiger partial charge in [-0.05, 0) is 48.8 Å². The Morgan fingerprint density at radius 2 is 1.58 bits per heavy atom. The molecule has 2 aliphatic heterocycles. The second kappa shape index (κ2) is 13.0. The first kappa shape index (κ1) is 36.6. The van der Waals surface area contributed by atoms with E-state index in [2.05, 4.69) is 0 Å². The van der Waals surface area contributed by atoms with E-state index in [4.69, 9.17) is 42.6 Å². The Bertz CT molecular complexity index is 1630. The van der Waals surface area contributed by atoms with Crippen LogP contribution >= 0.6 is 0 Å². The van der Waals surface area contributed by atoms with E-state index in [0.717, 1.165) is 17.7 Å². The topological polar surface area (TPSA) is 168 Å². The number of methoxy groups -OCH3 is 3. The number of hydrogen-bond acceptors (Lipinski definition) is 14.